The second-order valence-electron chi connectivity index (χ2n) is 9.68. The second-order valence-corrected chi connectivity index (χ2v) is 10.7. The number of quaternary nitrogens is 1. The molecule has 1 fully saturated rings. The molecule has 1 amide bonds. The van der Waals surface area contributed by atoms with Crippen molar-refractivity contribution < 1.29 is 18.4 Å². The van der Waals surface area contributed by atoms with E-state index in [2.05, 4.69) is 50.9 Å². The van der Waals surface area contributed by atoms with Gasteiger partial charge in [-0.2, -0.15) is 0 Å². The van der Waals surface area contributed by atoms with E-state index in [9.17, 15) is 9.18 Å². The number of carbonyl (C=O) groups excluding carboxylic acids is 1. The van der Waals surface area contributed by atoms with Crippen LogP contribution in [0.4, 0.5) is 10.1 Å². The molecule has 166 valence electrons. The zero-order valence-corrected chi connectivity index (χ0v) is 20.7. The average Bonchev–Trinajstić information content (AvgIpc) is 2.67. The molecule has 0 N–H and O–H groups in total. The van der Waals surface area contributed by atoms with E-state index in [0.717, 1.165) is 40.9 Å². The highest BCUT2D eigenvalue weighted by Crippen LogP contribution is 2.47. The number of aryl methyl sites for hydroxylation is 1. The zero-order chi connectivity index (χ0) is 22.3. The molecule has 0 radical (unpaired) electrons. The standard InChI is InChI=1S/C24H30FIN3O2/c1-16(15-29(2,3)4)31-21-11-9-20(10-12-21)27-23(30)13-18-6-5-17-7-8-19(25)14-22(17)24(18)28(27)26/h7-12,14,16,18,24H,5-6,13,15H2,1-4H3/q+1. The maximum absolute atomic E-state index is 14.0. The van der Waals surface area contributed by atoms with Crippen LogP contribution < -0.4 is 9.75 Å². The minimum Gasteiger partial charge on any atom is -0.485 e. The highest BCUT2D eigenvalue weighted by atomic mass is 127. The number of hydrazine groups is 1. The smallest absolute Gasteiger partial charge is 0.242 e. The third kappa shape index (κ3) is 4.88. The van der Waals surface area contributed by atoms with Gasteiger partial charge in [0.2, 0.25) is 5.91 Å². The lowest BCUT2D eigenvalue weighted by molar-refractivity contribution is -0.872. The van der Waals surface area contributed by atoms with Gasteiger partial charge in [0, 0.05) is 29.3 Å². The molecule has 4 rings (SSSR count). The Labute approximate surface area is 197 Å². The molecular weight excluding hydrogens is 508 g/mol. The monoisotopic (exact) mass is 538 g/mol. The molecule has 1 heterocycles. The molecule has 31 heavy (non-hydrogen) atoms. The second kappa shape index (κ2) is 8.67. The fourth-order valence-corrected chi connectivity index (χ4v) is 6.07. The van der Waals surface area contributed by atoms with Gasteiger partial charge in [0.25, 0.3) is 0 Å². The van der Waals surface area contributed by atoms with Gasteiger partial charge in [0.15, 0.2) is 0 Å². The van der Waals surface area contributed by atoms with E-state index in [1.54, 1.807) is 11.1 Å². The minimum atomic E-state index is -0.225. The molecule has 0 bridgehead atoms. The predicted molar refractivity (Wildman–Crippen MR) is 128 cm³/mol. The average molecular weight is 538 g/mol. The number of halogens is 2. The van der Waals surface area contributed by atoms with Crippen LogP contribution in [0.5, 0.6) is 5.75 Å². The number of hydrogen-bond donors (Lipinski definition) is 0. The van der Waals surface area contributed by atoms with Gasteiger partial charge in [-0.15, -0.1) is 3.22 Å². The number of rotatable bonds is 5. The van der Waals surface area contributed by atoms with Crippen molar-refractivity contribution in [2.24, 2.45) is 5.92 Å². The lowest BCUT2D eigenvalue weighted by atomic mass is 9.77. The molecule has 0 spiro atoms. The number of hydrogen-bond acceptors (Lipinski definition) is 3. The van der Waals surface area contributed by atoms with E-state index in [-0.39, 0.29) is 29.8 Å². The lowest BCUT2D eigenvalue weighted by Crippen LogP contribution is -2.51. The van der Waals surface area contributed by atoms with Crippen molar-refractivity contribution >= 4 is 34.5 Å². The van der Waals surface area contributed by atoms with Crippen LogP contribution in [0.2, 0.25) is 0 Å². The van der Waals surface area contributed by atoms with Crippen LogP contribution in [0.3, 0.4) is 0 Å². The van der Waals surface area contributed by atoms with Crippen LogP contribution in [-0.4, -0.2) is 47.4 Å². The van der Waals surface area contributed by atoms with Crippen molar-refractivity contribution in [1.82, 2.24) is 3.22 Å². The number of nitrogens with zero attached hydrogens (tertiary/aromatic N) is 3. The first-order valence-corrected chi connectivity index (χ1v) is 11.7. The van der Waals surface area contributed by atoms with Crippen LogP contribution in [-0.2, 0) is 11.2 Å². The van der Waals surface area contributed by atoms with Crippen molar-refractivity contribution in [2.45, 2.75) is 38.3 Å². The first kappa shape index (κ1) is 22.5. The van der Waals surface area contributed by atoms with Crippen LogP contribution in [0.15, 0.2) is 42.5 Å². The number of likely N-dealkylation sites (N-methyl/N-ethyl adjacent to an activating group) is 1. The van der Waals surface area contributed by atoms with E-state index in [1.165, 1.54) is 11.6 Å². The van der Waals surface area contributed by atoms with E-state index in [0.29, 0.717) is 6.42 Å². The number of benzene rings is 2. The van der Waals surface area contributed by atoms with E-state index in [1.807, 2.05) is 33.6 Å². The number of amides is 1. The third-order valence-electron chi connectivity index (χ3n) is 5.97. The molecular formula is C24H30FIN3O2+. The molecule has 2 aliphatic rings. The molecule has 3 unspecified atom stereocenters. The fourth-order valence-electron chi connectivity index (χ4n) is 4.83. The summed E-state index contributed by atoms with van der Waals surface area (Å²) in [6.45, 7) is 2.96. The molecule has 1 aliphatic heterocycles. The maximum Gasteiger partial charge on any atom is 0.242 e. The maximum atomic E-state index is 14.0. The van der Waals surface area contributed by atoms with Crippen LogP contribution in [0.25, 0.3) is 0 Å². The van der Waals surface area contributed by atoms with Crippen LogP contribution >= 0.6 is 22.9 Å². The summed E-state index contributed by atoms with van der Waals surface area (Å²) >= 11 is 2.21. The summed E-state index contributed by atoms with van der Waals surface area (Å²) in [5, 5.41) is 1.72. The first-order valence-electron chi connectivity index (χ1n) is 10.8. The molecule has 5 nitrogen and oxygen atoms in total. The predicted octanol–water partition coefficient (Wildman–Crippen LogP) is 4.91. The summed E-state index contributed by atoms with van der Waals surface area (Å²) in [5.41, 5.74) is 2.97. The molecule has 2 aromatic carbocycles. The molecule has 1 saturated heterocycles. The van der Waals surface area contributed by atoms with Crippen molar-refractivity contribution in [3.63, 3.8) is 0 Å². The van der Waals surface area contributed by atoms with Crippen LogP contribution in [0, 0.1) is 11.7 Å². The summed E-state index contributed by atoms with van der Waals surface area (Å²) in [6.07, 6.45) is 2.39. The Bertz CT molecular complexity index is 960. The number of anilines is 1. The van der Waals surface area contributed by atoms with E-state index >= 15 is 0 Å². The van der Waals surface area contributed by atoms with Gasteiger partial charge in [-0.25, -0.2) is 9.40 Å². The number of fused-ring (bicyclic) bond motifs is 3. The van der Waals surface area contributed by atoms with Gasteiger partial charge in [0.05, 0.1) is 32.9 Å². The molecule has 0 aromatic heterocycles. The Morgan fingerprint density at radius 2 is 1.90 bits per heavy atom. The Morgan fingerprint density at radius 3 is 2.58 bits per heavy atom. The zero-order valence-electron chi connectivity index (χ0n) is 18.5. The highest BCUT2D eigenvalue weighted by molar-refractivity contribution is 14.1. The summed E-state index contributed by atoms with van der Waals surface area (Å²) < 4.78 is 22.9. The topological polar surface area (TPSA) is 32.8 Å². The third-order valence-corrected chi connectivity index (χ3v) is 7.01. The normalized spacial score (nSPS) is 22.6. The Hall–Kier alpha value is -1.71. The number of ether oxygens (including phenoxy) is 1. The summed E-state index contributed by atoms with van der Waals surface area (Å²) in [4.78, 5) is 13.0. The minimum absolute atomic E-state index is 0.0155. The number of carbonyl (C=O) groups is 1. The quantitative estimate of drug-likeness (QED) is 0.308. The van der Waals surface area contributed by atoms with Crippen molar-refractivity contribution in [3.05, 3.63) is 59.4 Å². The van der Waals surface area contributed by atoms with Crippen molar-refractivity contribution in [2.75, 3.05) is 32.7 Å². The van der Waals surface area contributed by atoms with Gasteiger partial charge >= 0.3 is 0 Å². The highest BCUT2D eigenvalue weighted by Gasteiger charge is 2.43. The van der Waals surface area contributed by atoms with Gasteiger partial charge in [-0.05, 0) is 73.2 Å². The van der Waals surface area contributed by atoms with Gasteiger partial charge in [0.1, 0.15) is 24.2 Å². The van der Waals surface area contributed by atoms with Gasteiger partial charge in [-0.3, -0.25) is 4.79 Å². The summed E-state index contributed by atoms with van der Waals surface area (Å²) in [7, 11) is 6.42. The summed E-state index contributed by atoms with van der Waals surface area (Å²) in [6, 6.07) is 12.7. The SMILES string of the molecule is CC(C[N+](C)(C)C)Oc1ccc(N2C(=O)CC3CCc4ccc(F)cc4C3N2I)cc1. The van der Waals surface area contributed by atoms with Crippen LogP contribution in [0.1, 0.15) is 36.9 Å². The fraction of sp³-hybridized carbons (Fsp3) is 0.458. The molecule has 3 atom stereocenters. The Kier molecular flexibility index (Phi) is 6.29. The van der Waals surface area contributed by atoms with Crippen molar-refractivity contribution in [1.29, 1.82) is 0 Å². The van der Waals surface area contributed by atoms with Gasteiger partial charge < -0.3 is 9.22 Å². The molecule has 0 saturated carbocycles. The van der Waals surface area contributed by atoms with Gasteiger partial charge in [-0.1, -0.05) is 6.07 Å². The van der Waals surface area contributed by atoms with Crippen molar-refractivity contribution in [3.8, 4) is 5.75 Å². The van der Waals surface area contributed by atoms with E-state index < -0.39 is 0 Å². The Morgan fingerprint density at radius 1 is 1.19 bits per heavy atom. The molecule has 1 aliphatic carbocycles. The van der Waals surface area contributed by atoms with E-state index in [4.69, 9.17) is 4.74 Å². The molecule has 2 aromatic rings. The largest absolute Gasteiger partial charge is 0.485 e. The first-order chi connectivity index (χ1) is 14.6. The molecule has 7 heteroatoms. The Balaban J connectivity index is 1.55. The lowest BCUT2D eigenvalue weighted by Gasteiger charge is -2.47. The summed E-state index contributed by atoms with van der Waals surface area (Å²) in [5.74, 6) is 0.839.